The molecule has 0 bridgehead atoms. The summed E-state index contributed by atoms with van der Waals surface area (Å²) in [6.07, 6.45) is 3.95. The van der Waals surface area contributed by atoms with Gasteiger partial charge in [0.15, 0.2) is 11.5 Å². The van der Waals surface area contributed by atoms with Crippen LogP contribution in [-0.4, -0.2) is 43.2 Å². The first kappa shape index (κ1) is 15.8. The van der Waals surface area contributed by atoms with Gasteiger partial charge in [0.1, 0.15) is 13.2 Å². The zero-order chi connectivity index (χ0) is 16.5. The van der Waals surface area contributed by atoms with Crippen molar-refractivity contribution in [1.82, 2.24) is 10.2 Å². The summed E-state index contributed by atoms with van der Waals surface area (Å²) in [7, 11) is 0. The zero-order valence-corrected chi connectivity index (χ0v) is 14.3. The summed E-state index contributed by atoms with van der Waals surface area (Å²) in [5.41, 5.74) is 1.11. The molecule has 1 amide bonds. The van der Waals surface area contributed by atoms with Crippen LogP contribution in [0.1, 0.15) is 44.2 Å². The number of carbonyl (C=O) groups excluding carboxylic acids is 1. The van der Waals surface area contributed by atoms with Crippen LogP contribution in [0, 0.1) is 5.92 Å². The van der Waals surface area contributed by atoms with E-state index in [2.05, 4.69) is 23.2 Å². The molecule has 2 fully saturated rings. The van der Waals surface area contributed by atoms with Crippen LogP contribution in [0.5, 0.6) is 11.5 Å². The number of piperidine rings is 1. The summed E-state index contributed by atoms with van der Waals surface area (Å²) in [4.78, 5) is 15.2. The van der Waals surface area contributed by atoms with E-state index in [1.54, 1.807) is 0 Å². The van der Waals surface area contributed by atoms with Crippen molar-refractivity contribution in [3.63, 3.8) is 0 Å². The van der Waals surface area contributed by atoms with Gasteiger partial charge in [0.25, 0.3) is 0 Å². The van der Waals surface area contributed by atoms with E-state index in [1.807, 2.05) is 12.1 Å². The number of hydrogen-bond donors (Lipinski definition) is 1. The summed E-state index contributed by atoms with van der Waals surface area (Å²) in [6, 6.07) is 6.60. The lowest BCUT2D eigenvalue weighted by Gasteiger charge is -2.34. The first-order chi connectivity index (χ1) is 11.7. The Balaban J connectivity index is 1.58. The normalized spacial score (nSPS) is 29.5. The molecule has 0 spiro atoms. The number of fused-ring (bicyclic) bond motifs is 1. The minimum Gasteiger partial charge on any atom is -0.486 e. The number of para-hydroxylation sites is 1. The van der Waals surface area contributed by atoms with Crippen LogP contribution >= 0.6 is 0 Å². The van der Waals surface area contributed by atoms with E-state index in [-0.39, 0.29) is 12.0 Å². The molecule has 4 rings (SSSR count). The second kappa shape index (κ2) is 6.63. The molecule has 1 aromatic rings. The third-order valence-electron chi connectivity index (χ3n) is 5.46. The molecule has 1 unspecified atom stereocenters. The van der Waals surface area contributed by atoms with Gasteiger partial charge in [-0.1, -0.05) is 12.1 Å². The van der Waals surface area contributed by atoms with Gasteiger partial charge in [-0.15, -0.1) is 0 Å². The Kier molecular flexibility index (Phi) is 4.35. The first-order valence-electron chi connectivity index (χ1n) is 9.16. The topological polar surface area (TPSA) is 50.8 Å². The largest absolute Gasteiger partial charge is 0.486 e. The van der Waals surface area contributed by atoms with Crippen molar-refractivity contribution < 1.29 is 14.3 Å². The lowest BCUT2D eigenvalue weighted by molar-refractivity contribution is -0.137. The van der Waals surface area contributed by atoms with E-state index < -0.39 is 0 Å². The standard InChI is InChI=1S/C19H26N2O3/c1-13-12-14(7-8-20-13)19(22)21-9-3-5-16(21)15-4-2-6-17-18(15)24-11-10-23-17/h2,4,6,13-14,16,20H,3,5,7-12H2,1H3/t13-,14-,16?/m0/s1. The zero-order valence-electron chi connectivity index (χ0n) is 14.3. The van der Waals surface area contributed by atoms with Crippen LogP contribution in [0.3, 0.4) is 0 Å². The van der Waals surface area contributed by atoms with Crippen LogP contribution in [0.15, 0.2) is 18.2 Å². The van der Waals surface area contributed by atoms with Gasteiger partial charge in [0.2, 0.25) is 5.91 Å². The molecule has 130 valence electrons. The Morgan fingerprint density at radius 1 is 1.25 bits per heavy atom. The highest BCUT2D eigenvalue weighted by Crippen LogP contribution is 2.43. The molecule has 0 saturated carbocycles. The van der Waals surface area contributed by atoms with Gasteiger partial charge in [0, 0.05) is 24.1 Å². The van der Waals surface area contributed by atoms with Crippen molar-refractivity contribution in [2.24, 2.45) is 5.92 Å². The summed E-state index contributed by atoms with van der Waals surface area (Å²) in [5, 5.41) is 3.43. The smallest absolute Gasteiger partial charge is 0.226 e. The highest BCUT2D eigenvalue weighted by atomic mass is 16.6. The molecule has 24 heavy (non-hydrogen) atoms. The van der Waals surface area contributed by atoms with Crippen LogP contribution in [-0.2, 0) is 4.79 Å². The molecular weight excluding hydrogens is 304 g/mol. The predicted octanol–water partition coefficient (Wildman–Crippen LogP) is 2.51. The Hall–Kier alpha value is -1.75. The minimum atomic E-state index is 0.124. The number of carbonyl (C=O) groups is 1. The lowest BCUT2D eigenvalue weighted by atomic mass is 9.91. The highest BCUT2D eigenvalue weighted by Gasteiger charge is 2.37. The van der Waals surface area contributed by atoms with Gasteiger partial charge in [-0.25, -0.2) is 0 Å². The van der Waals surface area contributed by atoms with Crippen molar-refractivity contribution >= 4 is 5.91 Å². The van der Waals surface area contributed by atoms with Gasteiger partial charge >= 0.3 is 0 Å². The van der Waals surface area contributed by atoms with Crippen molar-refractivity contribution in [2.75, 3.05) is 26.3 Å². The van der Waals surface area contributed by atoms with E-state index in [9.17, 15) is 4.79 Å². The number of amides is 1. The molecule has 3 aliphatic heterocycles. The second-order valence-corrected chi connectivity index (χ2v) is 7.14. The SMILES string of the molecule is C[C@H]1C[C@@H](C(=O)N2CCCC2c2cccc3c2OCCO3)CCN1. The third kappa shape index (κ3) is 2.86. The molecule has 0 aromatic heterocycles. The lowest BCUT2D eigenvalue weighted by Crippen LogP contribution is -2.44. The molecule has 3 aliphatic rings. The Labute approximate surface area is 143 Å². The monoisotopic (exact) mass is 330 g/mol. The van der Waals surface area contributed by atoms with E-state index >= 15 is 0 Å². The number of nitrogens with zero attached hydrogens (tertiary/aromatic N) is 1. The summed E-state index contributed by atoms with van der Waals surface area (Å²) in [5.74, 6) is 2.12. The van der Waals surface area contributed by atoms with Crippen molar-refractivity contribution in [1.29, 1.82) is 0 Å². The summed E-state index contributed by atoms with van der Waals surface area (Å²) < 4.78 is 11.6. The fourth-order valence-corrected chi connectivity index (χ4v) is 4.30. The molecular formula is C19H26N2O3. The predicted molar refractivity (Wildman–Crippen MR) is 91.3 cm³/mol. The number of rotatable bonds is 2. The number of hydrogen-bond acceptors (Lipinski definition) is 4. The third-order valence-corrected chi connectivity index (χ3v) is 5.46. The molecule has 0 aliphatic carbocycles. The van der Waals surface area contributed by atoms with Gasteiger partial charge in [-0.2, -0.15) is 0 Å². The Bertz CT molecular complexity index is 619. The summed E-state index contributed by atoms with van der Waals surface area (Å²) in [6.45, 7) is 5.13. The van der Waals surface area contributed by atoms with Crippen LogP contribution < -0.4 is 14.8 Å². The van der Waals surface area contributed by atoms with E-state index in [4.69, 9.17) is 9.47 Å². The molecule has 2 saturated heterocycles. The van der Waals surface area contributed by atoms with Gasteiger partial charge < -0.3 is 19.7 Å². The number of nitrogens with one attached hydrogen (secondary N) is 1. The quantitative estimate of drug-likeness (QED) is 0.905. The molecule has 1 N–H and O–H groups in total. The first-order valence-corrected chi connectivity index (χ1v) is 9.16. The van der Waals surface area contributed by atoms with Crippen LogP contribution in [0.25, 0.3) is 0 Å². The number of ether oxygens (including phenoxy) is 2. The van der Waals surface area contributed by atoms with E-state index in [0.717, 1.165) is 55.8 Å². The van der Waals surface area contributed by atoms with Gasteiger partial charge in [-0.05, 0) is 45.2 Å². The van der Waals surface area contributed by atoms with E-state index in [0.29, 0.717) is 25.2 Å². The fraction of sp³-hybridized carbons (Fsp3) is 0.632. The molecule has 0 radical (unpaired) electrons. The Morgan fingerprint density at radius 3 is 3.00 bits per heavy atom. The summed E-state index contributed by atoms with van der Waals surface area (Å²) >= 11 is 0. The fourth-order valence-electron chi connectivity index (χ4n) is 4.30. The van der Waals surface area contributed by atoms with Gasteiger partial charge in [0.05, 0.1) is 6.04 Å². The molecule has 5 nitrogen and oxygen atoms in total. The average Bonchev–Trinajstić information content (AvgIpc) is 3.10. The number of benzene rings is 1. The molecule has 3 heterocycles. The Morgan fingerprint density at radius 2 is 2.12 bits per heavy atom. The molecule has 1 aromatic carbocycles. The van der Waals surface area contributed by atoms with Crippen molar-refractivity contribution in [3.05, 3.63) is 23.8 Å². The van der Waals surface area contributed by atoms with Crippen molar-refractivity contribution in [3.8, 4) is 11.5 Å². The van der Waals surface area contributed by atoms with E-state index in [1.165, 1.54) is 0 Å². The molecule has 3 atom stereocenters. The van der Waals surface area contributed by atoms with Crippen LogP contribution in [0.4, 0.5) is 0 Å². The second-order valence-electron chi connectivity index (χ2n) is 7.14. The minimum absolute atomic E-state index is 0.124. The maximum absolute atomic E-state index is 13.1. The molecule has 5 heteroatoms. The van der Waals surface area contributed by atoms with Gasteiger partial charge in [-0.3, -0.25) is 4.79 Å². The van der Waals surface area contributed by atoms with Crippen LogP contribution in [0.2, 0.25) is 0 Å². The average molecular weight is 330 g/mol. The maximum atomic E-state index is 13.1. The number of likely N-dealkylation sites (tertiary alicyclic amines) is 1. The van der Waals surface area contributed by atoms with Crippen molar-refractivity contribution in [2.45, 2.75) is 44.7 Å². The highest BCUT2D eigenvalue weighted by molar-refractivity contribution is 5.80. The maximum Gasteiger partial charge on any atom is 0.226 e.